The number of carbonyl (C=O) groups excluding carboxylic acids is 1. The number of ether oxygens (including phenoxy) is 2. The normalized spacial score (nSPS) is 12.9. The molecule has 0 unspecified atom stereocenters. The number of ketones is 1. The van der Waals surface area contributed by atoms with Crippen LogP contribution in [0.4, 0.5) is 4.39 Å². The molecular formula is C21H22FNO3. The van der Waals surface area contributed by atoms with Crippen molar-refractivity contribution in [3.05, 3.63) is 65.5 Å². The number of hydrogen-bond acceptors (Lipinski definition) is 4. The molecule has 0 aromatic heterocycles. The van der Waals surface area contributed by atoms with E-state index < -0.39 is 0 Å². The maximum Gasteiger partial charge on any atom is 0.231 e. The van der Waals surface area contributed by atoms with Crippen LogP contribution in [0, 0.1) is 5.82 Å². The van der Waals surface area contributed by atoms with Gasteiger partial charge in [-0.25, -0.2) is 4.39 Å². The van der Waals surface area contributed by atoms with Crippen molar-refractivity contribution in [3.63, 3.8) is 0 Å². The minimum absolute atomic E-state index is 0.0317. The summed E-state index contributed by atoms with van der Waals surface area (Å²) in [5.74, 6) is 1.31. The van der Waals surface area contributed by atoms with E-state index in [0.29, 0.717) is 18.5 Å². The molecule has 0 amide bonds. The summed E-state index contributed by atoms with van der Waals surface area (Å²) in [6.45, 7) is 1.81. The third-order valence-corrected chi connectivity index (χ3v) is 4.27. The van der Waals surface area contributed by atoms with Gasteiger partial charge in [0.2, 0.25) is 6.79 Å². The van der Waals surface area contributed by atoms with Gasteiger partial charge in [-0.2, -0.15) is 0 Å². The first-order valence-corrected chi connectivity index (χ1v) is 8.64. The first kappa shape index (κ1) is 18.1. The van der Waals surface area contributed by atoms with E-state index in [1.807, 2.05) is 25.2 Å². The maximum absolute atomic E-state index is 13.1. The van der Waals surface area contributed by atoms with Crippen molar-refractivity contribution in [2.24, 2.45) is 0 Å². The zero-order chi connectivity index (χ0) is 18.4. The standard InChI is InChI=1S/C21H22FNO3/c1-23(11-9-17-6-8-20-21(14-17)26-15-25-20)12-10-19(24)7-5-16-3-2-4-18(22)13-16/h2-8,13-14H,9-12,15H2,1H3. The van der Waals surface area contributed by atoms with Crippen molar-refractivity contribution in [2.45, 2.75) is 12.8 Å². The van der Waals surface area contributed by atoms with Gasteiger partial charge in [0.05, 0.1) is 0 Å². The fraction of sp³-hybridized carbons (Fsp3) is 0.286. The highest BCUT2D eigenvalue weighted by Gasteiger charge is 2.13. The first-order valence-electron chi connectivity index (χ1n) is 8.64. The van der Waals surface area contributed by atoms with Crippen molar-refractivity contribution in [1.82, 2.24) is 4.90 Å². The van der Waals surface area contributed by atoms with E-state index in [-0.39, 0.29) is 18.4 Å². The lowest BCUT2D eigenvalue weighted by molar-refractivity contribution is -0.114. The van der Waals surface area contributed by atoms with Crippen molar-refractivity contribution in [3.8, 4) is 11.5 Å². The molecule has 1 heterocycles. The molecule has 1 aliphatic rings. The van der Waals surface area contributed by atoms with Crippen LogP contribution in [0.25, 0.3) is 6.08 Å². The van der Waals surface area contributed by atoms with Crippen LogP contribution in [0.3, 0.4) is 0 Å². The molecule has 0 aliphatic carbocycles. The zero-order valence-corrected chi connectivity index (χ0v) is 14.8. The average molecular weight is 355 g/mol. The molecule has 4 nitrogen and oxygen atoms in total. The Labute approximate surface area is 152 Å². The van der Waals surface area contributed by atoms with Gasteiger partial charge in [0.25, 0.3) is 0 Å². The molecule has 0 spiro atoms. The van der Waals surface area contributed by atoms with Gasteiger partial charge in [-0.05, 0) is 54.9 Å². The minimum atomic E-state index is -0.303. The summed E-state index contributed by atoms with van der Waals surface area (Å²) in [5, 5.41) is 0. The minimum Gasteiger partial charge on any atom is -0.454 e. The Bertz CT molecular complexity index is 804. The number of halogens is 1. The molecule has 5 heteroatoms. The summed E-state index contributed by atoms with van der Waals surface area (Å²) < 4.78 is 23.8. The second kappa shape index (κ2) is 8.63. The highest BCUT2D eigenvalue weighted by atomic mass is 19.1. The molecule has 26 heavy (non-hydrogen) atoms. The van der Waals surface area contributed by atoms with E-state index in [1.165, 1.54) is 23.8 Å². The lowest BCUT2D eigenvalue weighted by Crippen LogP contribution is -2.24. The number of hydrogen-bond donors (Lipinski definition) is 0. The third kappa shape index (κ3) is 5.17. The predicted molar refractivity (Wildman–Crippen MR) is 98.8 cm³/mol. The summed E-state index contributed by atoms with van der Waals surface area (Å²) in [6, 6.07) is 12.2. The smallest absolute Gasteiger partial charge is 0.231 e. The number of nitrogens with zero attached hydrogens (tertiary/aromatic N) is 1. The van der Waals surface area contributed by atoms with E-state index in [0.717, 1.165) is 24.5 Å². The summed E-state index contributed by atoms with van der Waals surface area (Å²) in [5.41, 5.74) is 1.87. The van der Waals surface area contributed by atoms with Crippen LogP contribution >= 0.6 is 0 Å². The van der Waals surface area contributed by atoms with E-state index in [2.05, 4.69) is 4.90 Å². The van der Waals surface area contributed by atoms with Crippen molar-refractivity contribution >= 4 is 11.9 Å². The molecule has 3 rings (SSSR count). The topological polar surface area (TPSA) is 38.8 Å². The fourth-order valence-electron chi connectivity index (χ4n) is 2.71. The van der Waals surface area contributed by atoms with Crippen LogP contribution in [-0.2, 0) is 11.2 Å². The lowest BCUT2D eigenvalue weighted by Gasteiger charge is -2.15. The SMILES string of the molecule is CN(CCC(=O)C=Cc1cccc(F)c1)CCc1ccc2c(c1)OCO2. The molecule has 0 radical (unpaired) electrons. The highest BCUT2D eigenvalue weighted by Crippen LogP contribution is 2.32. The Morgan fingerprint density at radius 2 is 2.00 bits per heavy atom. The molecule has 136 valence electrons. The largest absolute Gasteiger partial charge is 0.454 e. The average Bonchev–Trinajstić information content (AvgIpc) is 3.11. The summed E-state index contributed by atoms with van der Waals surface area (Å²) in [4.78, 5) is 14.1. The van der Waals surface area contributed by atoms with Gasteiger partial charge in [0.15, 0.2) is 17.3 Å². The number of carbonyl (C=O) groups is 1. The summed E-state index contributed by atoms with van der Waals surface area (Å²) in [6.07, 6.45) is 4.47. The van der Waals surface area contributed by atoms with Gasteiger partial charge in [-0.3, -0.25) is 4.79 Å². The van der Waals surface area contributed by atoms with E-state index in [4.69, 9.17) is 9.47 Å². The van der Waals surface area contributed by atoms with Gasteiger partial charge >= 0.3 is 0 Å². The lowest BCUT2D eigenvalue weighted by atomic mass is 10.1. The van der Waals surface area contributed by atoms with Crippen molar-refractivity contribution in [2.75, 3.05) is 26.9 Å². The number of benzene rings is 2. The molecule has 0 fully saturated rings. The second-order valence-corrected chi connectivity index (χ2v) is 6.35. The van der Waals surface area contributed by atoms with Crippen LogP contribution in [0.2, 0.25) is 0 Å². The van der Waals surface area contributed by atoms with Crippen molar-refractivity contribution < 1.29 is 18.7 Å². The molecule has 2 aromatic rings. The molecule has 2 aromatic carbocycles. The van der Waals surface area contributed by atoms with Gasteiger partial charge < -0.3 is 14.4 Å². The van der Waals surface area contributed by atoms with E-state index in [9.17, 15) is 9.18 Å². The van der Waals surface area contributed by atoms with Crippen LogP contribution in [0.5, 0.6) is 11.5 Å². The number of rotatable bonds is 8. The molecule has 0 atom stereocenters. The fourth-order valence-corrected chi connectivity index (χ4v) is 2.71. The Morgan fingerprint density at radius 3 is 2.85 bits per heavy atom. The summed E-state index contributed by atoms with van der Waals surface area (Å²) >= 11 is 0. The number of allylic oxidation sites excluding steroid dienone is 1. The highest BCUT2D eigenvalue weighted by molar-refractivity contribution is 5.93. The quantitative estimate of drug-likeness (QED) is 0.677. The van der Waals surface area contributed by atoms with Crippen LogP contribution in [0.15, 0.2) is 48.5 Å². The monoisotopic (exact) mass is 355 g/mol. The van der Waals surface area contributed by atoms with E-state index >= 15 is 0 Å². The molecule has 0 N–H and O–H groups in total. The predicted octanol–water partition coefficient (Wildman–Crippen LogP) is 3.70. The number of fused-ring (bicyclic) bond motifs is 1. The molecular weight excluding hydrogens is 333 g/mol. The second-order valence-electron chi connectivity index (χ2n) is 6.35. The van der Waals surface area contributed by atoms with Crippen LogP contribution in [0.1, 0.15) is 17.5 Å². The van der Waals surface area contributed by atoms with Gasteiger partial charge in [-0.1, -0.05) is 24.3 Å². The summed E-state index contributed by atoms with van der Waals surface area (Å²) in [7, 11) is 2.00. The Hall–Kier alpha value is -2.66. The van der Waals surface area contributed by atoms with Crippen LogP contribution in [-0.4, -0.2) is 37.6 Å². The van der Waals surface area contributed by atoms with Gasteiger partial charge in [-0.15, -0.1) is 0 Å². The Morgan fingerprint density at radius 1 is 1.15 bits per heavy atom. The number of likely N-dealkylation sites (N-methyl/N-ethyl adjacent to an activating group) is 1. The van der Waals surface area contributed by atoms with Gasteiger partial charge in [0.1, 0.15) is 5.82 Å². The Balaban J connectivity index is 1.40. The molecule has 1 aliphatic heterocycles. The first-order chi connectivity index (χ1) is 12.6. The third-order valence-electron chi connectivity index (χ3n) is 4.27. The van der Waals surface area contributed by atoms with Gasteiger partial charge in [0, 0.05) is 19.5 Å². The molecule has 0 saturated heterocycles. The Kier molecular flexibility index (Phi) is 6.02. The van der Waals surface area contributed by atoms with E-state index in [1.54, 1.807) is 18.2 Å². The molecule has 0 saturated carbocycles. The van der Waals surface area contributed by atoms with Crippen LogP contribution < -0.4 is 9.47 Å². The molecule has 0 bridgehead atoms. The zero-order valence-electron chi connectivity index (χ0n) is 14.8. The van der Waals surface area contributed by atoms with Crippen molar-refractivity contribution in [1.29, 1.82) is 0 Å². The maximum atomic E-state index is 13.1.